The number of nitrogens with zero attached hydrogens (tertiary/aromatic N) is 2. The van der Waals surface area contributed by atoms with E-state index in [0.29, 0.717) is 51.5 Å². The molecule has 1 amide bonds. The minimum atomic E-state index is -1.04. The molecule has 3 aliphatic rings. The van der Waals surface area contributed by atoms with Gasteiger partial charge in [-0.2, -0.15) is 0 Å². The first-order chi connectivity index (χ1) is 16.4. The number of aromatic nitrogens is 1. The molecule has 3 aromatic rings. The van der Waals surface area contributed by atoms with Crippen LogP contribution in [0, 0.1) is 0 Å². The molecule has 0 saturated heterocycles. The third kappa shape index (κ3) is 3.37. The van der Waals surface area contributed by atoms with Crippen molar-refractivity contribution < 1.29 is 24.0 Å². The fourth-order valence-electron chi connectivity index (χ4n) is 4.81. The summed E-state index contributed by atoms with van der Waals surface area (Å²) in [5.74, 6) is 0.497. The van der Waals surface area contributed by atoms with Gasteiger partial charge in [0.15, 0.2) is 0 Å². The lowest BCUT2D eigenvalue weighted by molar-refractivity contribution is -0.136. The molecule has 2 fully saturated rings. The summed E-state index contributed by atoms with van der Waals surface area (Å²) in [4.78, 5) is 25.5. The van der Waals surface area contributed by atoms with Crippen LogP contribution < -0.4 is 9.64 Å². The Morgan fingerprint density at radius 1 is 1.21 bits per heavy atom. The van der Waals surface area contributed by atoms with Crippen molar-refractivity contribution in [1.29, 1.82) is 0 Å². The largest absolute Gasteiger partial charge is 0.489 e. The Bertz CT molecular complexity index is 1320. The highest BCUT2D eigenvalue weighted by atomic mass is 35.5. The van der Waals surface area contributed by atoms with Crippen LogP contribution >= 0.6 is 23.2 Å². The third-order valence-electron chi connectivity index (χ3n) is 6.82. The van der Waals surface area contributed by atoms with Crippen LogP contribution in [0.2, 0.25) is 10.0 Å². The molecule has 1 N–H and O–H groups in total. The molecular weight excluding hydrogens is 479 g/mol. The Morgan fingerprint density at radius 3 is 2.59 bits per heavy atom. The second kappa shape index (κ2) is 7.75. The van der Waals surface area contributed by atoms with E-state index in [1.807, 2.05) is 6.07 Å². The minimum absolute atomic E-state index is 0.146. The van der Waals surface area contributed by atoms with Gasteiger partial charge in [-0.05, 0) is 61.6 Å². The number of aliphatic carboxylic acids is 1. The summed E-state index contributed by atoms with van der Waals surface area (Å²) in [6, 6.07) is 10.7. The van der Waals surface area contributed by atoms with E-state index >= 15 is 0 Å². The topological polar surface area (TPSA) is 92.9 Å². The van der Waals surface area contributed by atoms with Gasteiger partial charge in [0, 0.05) is 17.2 Å². The monoisotopic (exact) mass is 498 g/mol. The van der Waals surface area contributed by atoms with Crippen LogP contribution in [0.1, 0.15) is 48.5 Å². The van der Waals surface area contributed by atoms with Gasteiger partial charge in [0.1, 0.15) is 30.4 Å². The van der Waals surface area contributed by atoms with Gasteiger partial charge in [-0.25, -0.2) is 0 Å². The van der Waals surface area contributed by atoms with Gasteiger partial charge in [-0.1, -0.05) is 34.4 Å². The molecule has 7 nitrogen and oxygen atoms in total. The van der Waals surface area contributed by atoms with Crippen molar-refractivity contribution in [3.8, 4) is 17.0 Å². The summed E-state index contributed by atoms with van der Waals surface area (Å²) < 4.78 is 11.9. The molecule has 6 rings (SSSR count). The maximum Gasteiger partial charge on any atom is 0.323 e. The molecule has 1 spiro atoms. The van der Waals surface area contributed by atoms with Gasteiger partial charge in [0.05, 0.1) is 21.0 Å². The predicted molar refractivity (Wildman–Crippen MR) is 126 cm³/mol. The van der Waals surface area contributed by atoms with Gasteiger partial charge in [-0.15, -0.1) is 0 Å². The molecule has 174 valence electrons. The van der Waals surface area contributed by atoms with Crippen molar-refractivity contribution in [1.82, 2.24) is 5.16 Å². The number of halogens is 2. The van der Waals surface area contributed by atoms with Crippen molar-refractivity contribution >= 4 is 40.8 Å². The normalized spacial score (nSPS) is 17.8. The van der Waals surface area contributed by atoms with E-state index in [9.17, 15) is 14.7 Å². The van der Waals surface area contributed by atoms with E-state index in [1.54, 1.807) is 30.3 Å². The first-order valence-electron chi connectivity index (χ1n) is 11.1. The lowest BCUT2D eigenvalue weighted by atomic mass is 9.98. The number of carbonyl (C=O) groups is 2. The van der Waals surface area contributed by atoms with Crippen LogP contribution in [0.25, 0.3) is 11.3 Å². The van der Waals surface area contributed by atoms with Crippen LogP contribution in [-0.4, -0.2) is 28.7 Å². The van der Waals surface area contributed by atoms with Crippen molar-refractivity contribution in [2.45, 2.75) is 43.6 Å². The van der Waals surface area contributed by atoms with Gasteiger partial charge in [-0.3, -0.25) is 9.59 Å². The first kappa shape index (κ1) is 21.5. The summed E-state index contributed by atoms with van der Waals surface area (Å²) >= 11 is 12.9. The molecule has 0 atom stereocenters. The Labute approximate surface area is 205 Å². The number of anilines is 1. The number of rotatable bonds is 7. The summed E-state index contributed by atoms with van der Waals surface area (Å²) in [6.45, 7) is -0.147. The highest BCUT2D eigenvalue weighted by molar-refractivity contribution is 6.39. The second-order valence-electron chi connectivity index (χ2n) is 9.08. The highest BCUT2D eigenvalue weighted by Gasteiger charge is 2.59. The first-order valence-corrected chi connectivity index (χ1v) is 11.9. The number of benzene rings is 2. The second-order valence-corrected chi connectivity index (χ2v) is 9.89. The standard InChI is InChI=1S/C25H20Cl2N2O5/c26-17-2-1-3-18(27)21(17)22-15(23(34-28-22)13-4-5-13)12-33-14-6-7-19-16(10-14)25(8-9-25)24(32)29(19)11-20(30)31/h1-3,6-7,10,13H,4-5,8-9,11-12H2,(H,30,31). The fraction of sp³-hybridized carbons (Fsp3) is 0.320. The fourth-order valence-corrected chi connectivity index (χ4v) is 5.39. The summed E-state index contributed by atoms with van der Waals surface area (Å²) in [5, 5.41) is 14.5. The van der Waals surface area contributed by atoms with Gasteiger partial charge in [0.2, 0.25) is 5.91 Å². The lowest BCUT2D eigenvalue weighted by Gasteiger charge is -2.15. The van der Waals surface area contributed by atoms with E-state index in [2.05, 4.69) is 5.16 Å². The smallest absolute Gasteiger partial charge is 0.323 e. The number of carboxylic acid groups (broad SMARTS) is 1. The zero-order chi connectivity index (χ0) is 23.6. The number of carboxylic acids is 1. The van der Waals surface area contributed by atoms with Crippen LogP contribution in [0.3, 0.4) is 0 Å². The highest BCUT2D eigenvalue weighted by Crippen LogP contribution is 2.58. The molecule has 34 heavy (non-hydrogen) atoms. The molecule has 0 bridgehead atoms. The molecule has 2 saturated carbocycles. The molecule has 2 aromatic carbocycles. The van der Waals surface area contributed by atoms with Crippen LogP contribution in [0.15, 0.2) is 40.9 Å². The average molecular weight is 499 g/mol. The maximum absolute atomic E-state index is 12.9. The van der Waals surface area contributed by atoms with Crippen LogP contribution in [0.4, 0.5) is 5.69 Å². The third-order valence-corrected chi connectivity index (χ3v) is 7.45. The van der Waals surface area contributed by atoms with Crippen molar-refractivity contribution in [2.24, 2.45) is 0 Å². The summed E-state index contributed by atoms with van der Waals surface area (Å²) in [5.41, 5.74) is 2.85. The van der Waals surface area contributed by atoms with E-state index < -0.39 is 11.4 Å². The summed E-state index contributed by atoms with van der Waals surface area (Å²) in [6.07, 6.45) is 3.48. The number of hydrogen-bond acceptors (Lipinski definition) is 5. The molecule has 1 aromatic heterocycles. The van der Waals surface area contributed by atoms with E-state index in [0.717, 1.165) is 29.7 Å². The van der Waals surface area contributed by atoms with Gasteiger partial charge >= 0.3 is 5.97 Å². The van der Waals surface area contributed by atoms with Crippen molar-refractivity contribution in [3.05, 3.63) is 63.3 Å². The minimum Gasteiger partial charge on any atom is -0.489 e. The van der Waals surface area contributed by atoms with Crippen molar-refractivity contribution in [2.75, 3.05) is 11.4 Å². The summed E-state index contributed by atoms with van der Waals surface area (Å²) in [7, 11) is 0. The number of ether oxygens (including phenoxy) is 1. The molecule has 0 unspecified atom stereocenters. The van der Waals surface area contributed by atoms with E-state index in [1.165, 1.54) is 4.90 Å². The molecule has 2 heterocycles. The molecular formula is C25H20Cl2N2O5. The number of hydrogen-bond donors (Lipinski definition) is 1. The number of fused-ring (bicyclic) bond motifs is 2. The SMILES string of the molecule is O=C(O)CN1C(=O)C2(CC2)c2cc(OCc3c(-c4c(Cl)cccc4Cl)noc3C3CC3)ccc21. The van der Waals surface area contributed by atoms with Crippen molar-refractivity contribution in [3.63, 3.8) is 0 Å². The van der Waals surface area contributed by atoms with Gasteiger partial charge < -0.3 is 19.3 Å². The average Bonchev–Trinajstić information content (AvgIpc) is 3.73. The molecule has 0 radical (unpaired) electrons. The van der Waals surface area contributed by atoms with E-state index in [-0.39, 0.29) is 19.1 Å². The lowest BCUT2D eigenvalue weighted by Crippen LogP contribution is -2.36. The molecule has 9 heteroatoms. The molecule has 1 aliphatic heterocycles. The Balaban J connectivity index is 1.32. The number of carbonyl (C=O) groups excluding carboxylic acids is 1. The predicted octanol–water partition coefficient (Wildman–Crippen LogP) is 5.57. The van der Waals surface area contributed by atoms with E-state index in [4.69, 9.17) is 32.5 Å². The Hall–Kier alpha value is -3.03. The maximum atomic E-state index is 12.9. The quantitative estimate of drug-likeness (QED) is 0.457. The Morgan fingerprint density at radius 2 is 1.94 bits per heavy atom. The van der Waals surface area contributed by atoms with Crippen LogP contribution in [0.5, 0.6) is 5.75 Å². The van der Waals surface area contributed by atoms with Crippen LogP contribution in [-0.2, 0) is 21.6 Å². The molecule has 2 aliphatic carbocycles. The number of amides is 1. The zero-order valence-electron chi connectivity index (χ0n) is 18.0. The van der Waals surface area contributed by atoms with Gasteiger partial charge in [0.25, 0.3) is 0 Å². The Kier molecular flexibility index (Phi) is 4.90. The zero-order valence-corrected chi connectivity index (χ0v) is 19.5.